The van der Waals surface area contributed by atoms with Gasteiger partial charge in [-0.3, -0.25) is 9.36 Å². The number of piperidine rings is 1. The largest absolute Gasteiger partial charge is 0.393 e. The van der Waals surface area contributed by atoms with Gasteiger partial charge in [0.2, 0.25) is 16.0 Å². The lowest BCUT2D eigenvalue weighted by atomic mass is 9.83. The fourth-order valence-electron chi connectivity index (χ4n) is 4.63. The molecule has 0 unspecified atom stereocenters. The summed E-state index contributed by atoms with van der Waals surface area (Å²) in [5.41, 5.74) is 0.444. The zero-order chi connectivity index (χ0) is 21.5. The van der Waals surface area contributed by atoms with Crippen LogP contribution in [0.15, 0.2) is 23.1 Å². The van der Waals surface area contributed by atoms with E-state index < -0.39 is 16.1 Å². The molecule has 2 aromatic rings. The summed E-state index contributed by atoms with van der Waals surface area (Å²) in [5, 5.41) is 14.4. The molecule has 0 bridgehead atoms. The molecule has 4 rings (SSSR count). The summed E-state index contributed by atoms with van der Waals surface area (Å²) in [6.45, 7) is 2.91. The van der Waals surface area contributed by atoms with Gasteiger partial charge in [-0.1, -0.05) is 6.92 Å². The van der Waals surface area contributed by atoms with Gasteiger partial charge >= 0.3 is 0 Å². The van der Waals surface area contributed by atoms with Crippen LogP contribution in [0.2, 0.25) is 0 Å². The van der Waals surface area contributed by atoms with Gasteiger partial charge in [-0.05, 0) is 38.2 Å². The summed E-state index contributed by atoms with van der Waals surface area (Å²) < 4.78 is 26.6. The predicted octanol–water partition coefficient (Wildman–Crippen LogP) is 1.35. The number of rotatable bonds is 4. The molecule has 0 spiro atoms. The number of aliphatic hydroxyl groups excluding tert-OH is 1. The molecular weight excluding hydrogens is 406 g/mol. The zero-order valence-electron chi connectivity index (χ0n) is 17.4. The third kappa shape index (κ3) is 4.21. The molecule has 9 nitrogen and oxygen atoms in total. The Balaban J connectivity index is 1.60. The fraction of sp³-hybridized carbons (Fsp3) is 0.650. The van der Waals surface area contributed by atoms with E-state index in [1.807, 2.05) is 6.92 Å². The molecule has 3 heterocycles. The van der Waals surface area contributed by atoms with E-state index >= 15 is 0 Å². The molecule has 2 aromatic heterocycles. The maximum atomic E-state index is 12.8. The number of anilines is 1. The fourth-order valence-corrected chi connectivity index (χ4v) is 5.50. The maximum absolute atomic E-state index is 12.8. The summed E-state index contributed by atoms with van der Waals surface area (Å²) >= 11 is 0. The van der Waals surface area contributed by atoms with E-state index in [0.717, 1.165) is 24.6 Å². The number of hydrogen-bond donors (Lipinski definition) is 2. The SMILES string of the molecule is C[C@@H]1[C@H](O)CCC[C@H]1n1c(=O)ccc2cnc(NC3CCN(S(C)(=O)=O)CC3)nc21. The first kappa shape index (κ1) is 21.2. The van der Waals surface area contributed by atoms with Crippen LogP contribution in [0, 0.1) is 5.92 Å². The lowest BCUT2D eigenvalue weighted by molar-refractivity contribution is 0.0468. The van der Waals surface area contributed by atoms with Gasteiger partial charge in [0, 0.05) is 48.7 Å². The van der Waals surface area contributed by atoms with Gasteiger partial charge in [0.25, 0.3) is 5.56 Å². The van der Waals surface area contributed by atoms with Crippen molar-refractivity contribution in [3.63, 3.8) is 0 Å². The molecule has 30 heavy (non-hydrogen) atoms. The van der Waals surface area contributed by atoms with Crippen molar-refractivity contribution in [2.75, 3.05) is 24.7 Å². The van der Waals surface area contributed by atoms with Gasteiger partial charge in [0.15, 0.2) is 0 Å². The van der Waals surface area contributed by atoms with Crippen molar-refractivity contribution in [3.8, 4) is 0 Å². The standard InChI is InChI=1S/C20H29N5O4S/c1-13-16(4-3-5-17(13)26)25-18(27)7-6-14-12-21-20(23-19(14)25)22-15-8-10-24(11-9-15)30(2,28)29/h6-7,12-13,15-17,26H,3-5,8-11H2,1-2H3,(H,21,22,23)/t13-,16+,17+/m0/s1. The smallest absolute Gasteiger partial charge is 0.252 e. The van der Waals surface area contributed by atoms with Crippen molar-refractivity contribution in [1.29, 1.82) is 0 Å². The highest BCUT2D eigenvalue weighted by molar-refractivity contribution is 7.88. The van der Waals surface area contributed by atoms with Crippen LogP contribution in [0.5, 0.6) is 0 Å². The molecule has 1 aliphatic heterocycles. The van der Waals surface area contributed by atoms with Crippen molar-refractivity contribution in [2.24, 2.45) is 5.92 Å². The Morgan fingerprint density at radius 2 is 1.90 bits per heavy atom. The topological polar surface area (TPSA) is 117 Å². The number of pyridine rings is 1. The molecule has 10 heteroatoms. The van der Waals surface area contributed by atoms with Gasteiger partial charge < -0.3 is 10.4 Å². The van der Waals surface area contributed by atoms with E-state index in [1.54, 1.807) is 16.8 Å². The van der Waals surface area contributed by atoms with Gasteiger partial charge in [-0.2, -0.15) is 4.98 Å². The maximum Gasteiger partial charge on any atom is 0.252 e. The number of aliphatic hydroxyl groups is 1. The van der Waals surface area contributed by atoms with Crippen LogP contribution >= 0.6 is 0 Å². The third-order valence-corrected chi connectivity index (χ3v) is 7.77. The molecule has 2 N–H and O–H groups in total. The highest BCUT2D eigenvalue weighted by atomic mass is 32.2. The Labute approximate surface area is 176 Å². The quantitative estimate of drug-likeness (QED) is 0.744. The molecule has 1 saturated carbocycles. The Kier molecular flexibility index (Phi) is 5.82. The van der Waals surface area contributed by atoms with E-state index in [9.17, 15) is 18.3 Å². The highest BCUT2D eigenvalue weighted by Crippen LogP contribution is 2.34. The summed E-state index contributed by atoms with van der Waals surface area (Å²) in [6, 6.07) is 3.23. The minimum Gasteiger partial charge on any atom is -0.393 e. The first-order valence-electron chi connectivity index (χ1n) is 10.5. The Morgan fingerprint density at radius 1 is 1.17 bits per heavy atom. The van der Waals surface area contributed by atoms with Crippen molar-refractivity contribution >= 4 is 27.0 Å². The molecular formula is C20H29N5O4S. The molecule has 1 saturated heterocycles. The first-order valence-corrected chi connectivity index (χ1v) is 12.4. The summed E-state index contributed by atoms with van der Waals surface area (Å²) in [5.74, 6) is 0.400. The molecule has 1 aliphatic carbocycles. The average Bonchev–Trinajstić information content (AvgIpc) is 2.70. The molecule has 0 amide bonds. The van der Waals surface area contributed by atoms with Crippen LogP contribution in [-0.4, -0.2) is 63.9 Å². The summed E-state index contributed by atoms with van der Waals surface area (Å²) in [4.78, 5) is 21.8. The van der Waals surface area contributed by atoms with Crippen molar-refractivity contribution < 1.29 is 13.5 Å². The summed E-state index contributed by atoms with van der Waals surface area (Å²) in [7, 11) is -3.17. The third-order valence-electron chi connectivity index (χ3n) is 6.47. The lowest BCUT2D eigenvalue weighted by Gasteiger charge is -2.34. The first-order chi connectivity index (χ1) is 14.2. The number of aromatic nitrogens is 3. The van der Waals surface area contributed by atoms with Crippen molar-refractivity contribution in [1.82, 2.24) is 18.8 Å². The molecule has 164 valence electrons. The normalized spacial score (nSPS) is 26.7. The van der Waals surface area contributed by atoms with Gasteiger partial charge in [0.1, 0.15) is 5.65 Å². The van der Waals surface area contributed by atoms with Crippen molar-refractivity contribution in [3.05, 3.63) is 28.7 Å². The monoisotopic (exact) mass is 435 g/mol. The van der Waals surface area contributed by atoms with E-state index in [4.69, 9.17) is 0 Å². The Bertz CT molecular complexity index is 1080. The second-order valence-electron chi connectivity index (χ2n) is 8.52. The summed E-state index contributed by atoms with van der Waals surface area (Å²) in [6.07, 6.45) is 6.30. The van der Waals surface area contributed by atoms with E-state index in [2.05, 4.69) is 15.3 Å². The minimum atomic E-state index is -3.17. The minimum absolute atomic E-state index is 0.0336. The van der Waals surface area contributed by atoms with Crippen LogP contribution in [0.4, 0.5) is 5.95 Å². The highest BCUT2D eigenvalue weighted by Gasteiger charge is 2.31. The Morgan fingerprint density at radius 3 is 2.60 bits per heavy atom. The van der Waals surface area contributed by atoms with Crippen LogP contribution in [-0.2, 0) is 10.0 Å². The van der Waals surface area contributed by atoms with Crippen molar-refractivity contribution in [2.45, 2.75) is 57.2 Å². The molecule has 0 radical (unpaired) electrons. The van der Waals surface area contributed by atoms with Gasteiger partial charge in [0.05, 0.1) is 12.4 Å². The predicted molar refractivity (Wildman–Crippen MR) is 115 cm³/mol. The lowest BCUT2D eigenvalue weighted by Crippen LogP contribution is -2.42. The second-order valence-corrected chi connectivity index (χ2v) is 10.5. The number of fused-ring (bicyclic) bond motifs is 1. The Hall–Kier alpha value is -2.04. The van der Waals surface area contributed by atoms with Crippen LogP contribution < -0.4 is 10.9 Å². The zero-order valence-corrected chi connectivity index (χ0v) is 18.2. The number of nitrogens with one attached hydrogen (secondary N) is 1. The average molecular weight is 436 g/mol. The molecule has 3 atom stereocenters. The van der Waals surface area contributed by atoms with Gasteiger partial charge in [-0.25, -0.2) is 17.7 Å². The molecule has 2 aliphatic rings. The van der Waals surface area contributed by atoms with Gasteiger partial charge in [-0.15, -0.1) is 0 Å². The van der Waals surface area contributed by atoms with E-state index in [-0.39, 0.29) is 23.6 Å². The second kappa shape index (κ2) is 8.24. The number of nitrogens with zero attached hydrogens (tertiary/aromatic N) is 4. The number of hydrogen-bond acceptors (Lipinski definition) is 7. The van der Waals surface area contributed by atoms with Crippen LogP contribution in [0.25, 0.3) is 11.0 Å². The number of sulfonamides is 1. The van der Waals surface area contributed by atoms with Crippen LogP contribution in [0.3, 0.4) is 0 Å². The van der Waals surface area contributed by atoms with E-state index in [0.29, 0.717) is 37.5 Å². The van der Waals surface area contributed by atoms with Crippen LogP contribution in [0.1, 0.15) is 45.1 Å². The van der Waals surface area contributed by atoms with E-state index in [1.165, 1.54) is 16.6 Å². The molecule has 0 aromatic carbocycles. The molecule has 2 fully saturated rings.